The van der Waals surface area contributed by atoms with Gasteiger partial charge in [-0.05, 0) is 38.5 Å². The second kappa shape index (κ2) is 7.88. The van der Waals surface area contributed by atoms with Crippen LogP contribution in [0.15, 0.2) is 24.3 Å². The quantitative estimate of drug-likeness (QED) is 0.847. The van der Waals surface area contributed by atoms with Crippen molar-refractivity contribution in [2.24, 2.45) is 0 Å². The standard InChI is InChI=1S/C15H20ClNO4/c1-15(2,3)21-14(19)17-9-8-13(18)20-10-11-4-6-12(16)7-5-11/h4-7H,8-10H2,1-3H3,(H,17,19). The Kier molecular flexibility index (Phi) is 6.49. The molecule has 5 nitrogen and oxygen atoms in total. The molecule has 116 valence electrons. The lowest BCUT2D eigenvalue weighted by Gasteiger charge is -2.19. The molecule has 0 aromatic heterocycles. The van der Waals surface area contributed by atoms with E-state index in [2.05, 4.69) is 5.32 Å². The summed E-state index contributed by atoms with van der Waals surface area (Å²) in [5.74, 6) is -0.388. The third-order valence-corrected chi connectivity index (χ3v) is 2.56. The first kappa shape index (κ1) is 17.3. The highest BCUT2D eigenvalue weighted by Gasteiger charge is 2.15. The van der Waals surface area contributed by atoms with Gasteiger partial charge in [-0.2, -0.15) is 0 Å². The van der Waals surface area contributed by atoms with E-state index in [0.717, 1.165) is 5.56 Å². The van der Waals surface area contributed by atoms with Gasteiger partial charge in [0.25, 0.3) is 0 Å². The summed E-state index contributed by atoms with van der Waals surface area (Å²) in [5, 5.41) is 3.13. The number of rotatable bonds is 5. The molecule has 0 aliphatic rings. The summed E-state index contributed by atoms with van der Waals surface area (Å²) in [6, 6.07) is 7.03. The molecule has 0 atom stereocenters. The van der Waals surface area contributed by atoms with Crippen LogP contribution in [0, 0.1) is 0 Å². The summed E-state index contributed by atoms with van der Waals surface area (Å²) in [6.07, 6.45) is -0.458. The molecule has 0 bridgehead atoms. The second-order valence-corrected chi connectivity index (χ2v) is 5.90. The van der Waals surface area contributed by atoms with Crippen molar-refractivity contribution in [1.82, 2.24) is 5.32 Å². The maximum absolute atomic E-state index is 11.5. The van der Waals surface area contributed by atoms with Crippen molar-refractivity contribution in [3.63, 3.8) is 0 Å². The SMILES string of the molecule is CC(C)(C)OC(=O)NCCC(=O)OCc1ccc(Cl)cc1. The molecule has 1 aromatic rings. The van der Waals surface area contributed by atoms with Gasteiger partial charge in [-0.1, -0.05) is 23.7 Å². The number of carbonyl (C=O) groups excluding carboxylic acids is 2. The smallest absolute Gasteiger partial charge is 0.407 e. The highest BCUT2D eigenvalue weighted by Crippen LogP contribution is 2.10. The van der Waals surface area contributed by atoms with Crippen molar-refractivity contribution >= 4 is 23.7 Å². The van der Waals surface area contributed by atoms with Crippen LogP contribution in [0.5, 0.6) is 0 Å². The van der Waals surface area contributed by atoms with Gasteiger partial charge in [-0.15, -0.1) is 0 Å². The molecule has 0 saturated carbocycles. The average molecular weight is 314 g/mol. The van der Waals surface area contributed by atoms with Gasteiger partial charge in [0.05, 0.1) is 6.42 Å². The monoisotopic (exact) mass is 313 g/mol. The molecule has 0 fully saturated rings. The largest absolute Gasteiger partial charge is 0.461 e. The van der Waals surface area contributed by atoms with Crippen molar-refractivity contribution in [2.45, 2.75) is 39.4 Å². The van der Waals surface area contributed by atoms with Crippen LogP contribution in [0.2, 0.25) is 5.02 Å². The molecule has 21 heavy (non-hydrogen) atoms. The predicted octanol–water partition coefficient (Wildman–Crippen LogP) is 3.30. The lowest BCUT2D eigenvalue weighted by atomic mass is 10.2. The highest BCUT2D eigenvalue weighted by molar-refractivity contribution is 6.30. The number of ether oxygens (including phenoxy) is 2. The van der Waals surface area contributed by atoms with E-state index < -0.39 is 11.7 Å². The summed E-state index contributed by atoms with van der Waals surface area (Å²) in [5.41, 5.74) is 0.298. The first-order valence-corrected chi connectivity index (χ1v) is 7.01. The molecule has 0 saturated heterocycles. The van der Waals surface area contributed by atoms with E-state index in [1.807, 2.05) is 0 Å². The van der Waals surface area contributed by atoms with Gasteiger partial charge in [0.1, 0.15) is 12.2 Å². The van der Waals surface area contributed by atoms with E-state index in [0.29, 0.717) is 5.02 Å². The van der Waals surface area contributed by atoms with Crippen LogP contribution in [0.3, 0.4) is 0 Å². The Balaban J connectivity index is 2.19. The first-order chi connectivity index (χ1) is 9.76. The van der Waals surface area contributed by atoms with E-state index in [-0.39, 0.29) is 25.5 Å². The molecule has 0 heterocycles. The van der Waals surface area contributed by atoms with Gasteiger partial charge in [0.15, 0.2) is 0 Å². The van der Waals surface area contributed by atoms with Crippen molar-refractivity contribution < 1.29 is 19.1 Å². The van der Waals surface area contributed by atoms with Crippen LogP contribution in [0.1, 0.15) is 32.8 Å². The molecule has 1 aromatic carbocycles. The van der Waals surface area contributed by atoms with E-state index in [9.17, 15) is 9.59 Å². The van der Waals surface area contributed by atoms with Crippen LogP contribution >= 0.6 is 11.6 Å². The fraction of sp³-hybridized carbons (Fsp3) is 0.467. The number of esters is 1. The Hall–Kier alpha value is -1.75. The molecule has 0 aliphatic heterocycles. The number of nitrogens with one attached hydrogen (secondary N) is 1. The number of carbonyl (C=O) groups is 2. The van der Waals surface area contributed by atoms with Crippen molar-refractivity contribution in [1.29, 1.82) is 0 Å². The summed E-state index contributed by atoms with van der Waals surface area (Å²) in [7, 11) is 0. The Labute approximate surface area is 129 Å². The second-order valence-electron chi connectivity index (χ2n) is 5.47. The molecule has 6 heteroatoms. The summed E-state index contributed by atoms with van der Waals surface area (Å²) in [6.45, 7) is 5.67. The molecule has 1 rings (SSSR count). The van der Waals surface area contributed by atoms with E-state index >= 15 is 0 Å². The van der Waals surface area contributed by atoms with E-state index in [4.69, 9.17) is 21.1 Å². The fourth-order valence-electron chi connectivity index (χ4n) is 1.40. The minimum atomic E-state index is -0.556. The molecular weight excluding hydrogens is 294 g/mol. The van der Waals surface area contributed by atoms with Gasteiger partial charge < -0.3 is 14.8 Å². The van der Waals surface area contributed by atoms with E-state index in [1.165, 1.54) is 0 Å². The van der Waals surface area contributed by atoms with Crippen LogP contribution in [0.4, 0.5) is 4.79 Å². The third-order valence-electron chi connectivity index (χ3n) is 2.31. The number of halogens is 1. The maximum atomic E-state index is 11.5. The van der Waals surface area contributed by atoms with Gasteiger partial charge in [-0.25, -0.2) is 4.79 Å². The maximum Gasteiger partial charge on any atom is 0.407 e. The lowest BCUT2D eigenvalue weighted by Crippen LogP contribution is -2.33. The zero-order chi connectivity index (χ0) is 15.9. The number of hydrogen-bond donors (Lipinski definition) is 1. The molecule has 1 amide bonds. The molecule has 0 radical (unpaired) electrons. The first-order valence-electron chi connectivity index (χ1n) is 6.63. The average Bonchev–Trinajstić information content (AvgIpc) is 2.36. The fourth-order valence-corrected chi connectivity index (χ4v) is 1.52. The van der Waals surface area contributed by atoms with Crippen LogP contribution < -0.4 is 5.32 Å². The molecular formula is C15H20ClNO4. The number of hydrogen-bond acceptors (Lipinski definition) is 4. The van der Waals surface area contributed by atoms with Crippen molar-refractivity contribution in [3.8, 4) is 0 Å². The van der Waals surface area contributed by atoms with Crippen LogP contribution in [-0.4, -0.2) is 24.2 Å². The van der Waals surface area contributed by atoms with Gasteiger partial charge in [0.2, 0.25) is 0 Å². The zero-order valence-electron chi connectivity index (χ0n) is 12.4. The van der Waals surface area contributed by atoms with E-state index in [1.54, 1.807) is 45.0 Å². The Morgan fingerprint density at radius 1 is 1.19 bits per heavy atom. The topological polar surface area (TPSA) is 64.6 Å². The molecule has 0 aliphatic carbocycles. The number of alkyl carbamates (subject to hydrolysis) is 1. The molecule has 0 spiro atoms. The summed E-state index contributed by atoms with van der Waals surface area (Å²) < 4.78 is 10.1. The zero-order valence-corrected chi connectivity index (χ0v) is 13.2. The normalized spacial score (nSPS) is 10.9. The minimum absolute atomic E-state index is 0.0901. The van der Waals surface area contributed by atoms with Gasteiger partial charge in [0, 0.05) is 11.6 Å². The van der Waals surface area contributed by atoms with Crippen molar-refractivity contribution in [2.75, 3.05) is 6.54 Å². The third kappa shape index (κ3) is 8.19. The van der Waals surface area contributed by atoms with Crippen LogP contribution in [0.25, 0.3) is 0 Å². The predicted molar refractivity (Wildman–Crippen MR) is 80.1 cm³/mol. The minimum Gasteiger partial charge on any atom is -0.461 e. The number of amides is 1. The Bertz CT molecular complexity index is 479. The van der Waals surface area contributed by atoms with Crippen molar-refractivity contribution in [3.05, 3.63) is 34.9 Å². The van der Waals surface area contributed by atoms with Gasteiger partial charge in [-0.3, -0.25) is 4.79 Å². The Morgan fingerprint density at radius 2 is 1.81 bits per heavy atom. The molecule has 1 N–H and O–H groups in total. The number of benzene rings is 1. The Morgan fingerprint density at radius 3 is 2.38 bits per heavy atom. The van der Waals surface area contributed by atoms with Crippen LogP contribution in [-0.2, 0) is 20.9 Å². The highest BCUT2D eigenvalue weighted by atomic mass is 35.5. The summed E-state index contributed by atoms with van der Waals surface area (Å²) in [4.78, 5) is 22.9. The lowest BCUT2D eigenvalue weighted by molar-refractivity contribution is -0.144. The summed E-state index contributed by atoms with van der Waals surface area (Å²) >= 11 is 5.76. The molecule has 0 unspecified atom stereocenters. The van der Waals surface area contributed by atoms with Gasteiger partial charge >= 0.3 is 12.1 Å².